The van der Waals surface area contributed by atoms with E-state index in [-0.39, 0.29) is 0 Å². The summed E-state index contributed by atoms with van der Waals surface area (Å²) in [5.41, 5.74) is 3.34. The number of anilines is 3. The Morgan fingerprint density at radius 3 is 3.08 bits per heavy atom. The monoisotopic (exact) mass is 334 g/mol. The molecule has 0 fully saturated rings. The average Bonchev–Trinajstić information content (AvgIpc) is 3.28. The van der Waals surface area contributed by atoms with Gasteiger partial charge in [-0.2, -0.15) is 5.10 Å². The summed E-state index contributed by atoms with van der Waals surface area (Å²) in [5.74, 6) is 2.56. The first-order chi connectivity index (χ1) is 12.4. The minimum absolute atomic E-state index is 0.566. The number of hydrogen-bond acceptors (Lipinski definition) is 7. The fraction of sp³-hybridized carbons (Fsp3) is 0.125. The molecular weight excluding hydrogens is 320 g/mol. The van der Waals surface area contributed by atoms with Gasteiger partial charge < -0.3 is 20.4 Å². The molecular formula is C16H14N8O. The number of hydrogen-bond donors (Lipinski definition) is 4. The number of nitrogens with one attached hydrogen (secondary N) is 4. The summed E-state index contributed by atoms with van der Waals surface area (Å²) < 4.78 is 5.69. The van der Waals surface area contributed by atoms with Gasteiger partial charge in [-0.25, -0.2) is 15.0 Å². The summed E-state index contributed by atoms with van der Waals surface area (Å²) in [6.07, 6.45) is 3.18. The van der Waals surface area contributed by atoms with E-state index in [0.29, 0.717) is 29.8 Å². The Balaban J connectivity index is 1.54. The lowest BCUT2D eigenvalue weighted by Crippen LogP contribution is -2.20. The van der Waals surface area contributed by atoms with Crippen molar-refractivity contribution >= 4 is 28.4 Å². The van der Waals surface area contributed by atoms with Crippen LogP contribution in [0.1, 0.15) is 0 Å². The Labute approximate surface area is 141 Å². The number of rotatable bonds is 3. The van der Waals surface area contributed by atoms with Crippen molar-refractivity contribution in [2.45, 2.75) is 0 Å². The van der Waals surface area contributed by atoms with E-state index in [1.165, 1.54) is 6.33 Å². The van der Waals surface area contributed by atoms with E-state index in [1.54, 1.807) is 6.20 Å². The number of aromatic nitrogens is 6. The van der Waals surface area contributed by atoms with Gasteiger partial charge in [0.25, 0.3) is 0 Å². The van der Waals surface area contributed by atoms with Gasteiger partial charge in [-0.15, -0.1) is 0 Å². The van der Waals surface area contributed by atoms with Gasteiger partial charge in [-0.3, -0.25) is 5.10 Å². The quantitative estimate of drug-likeness (QED) is 0.454. The minimum Gasteiger partial charge on any atom is -0.485 e. The van der Waals surface area contributed by atoms with E-state index in [9.17, 15) is 0 Å². The second kappa shape index (κ2) is 5.48. The summed E-state index contributed by atoms with van der Waals surface area (Å²) in [6.45, 7) is 1.29. The van der Waals surface area contributed by atoms with Gasteiger partial charge in [0, 0.05) is 0 Å². The summed E-state index contributed by atoms with van der Waals surface area (Å²) >= 11 is 0. The Kier molecular flexibility index (Phi) is 3.02. The first-order valence-corrected chi connectivity index (χ1v) is 7.86. The zero-order chi connectivity index (χ0) is 16.6. The van der Waals surface area contributed by atoms with E-state index in [1.807, 2.05) is 24.3 Å². The molecule has 1 aliphatic rings. The third-order valence-corrected chi connectivity index (χ3v) is 3.96. The predicted molar refractivity (Wildman–Crippen MR) is 93.0 cm³/mol. The summed E-state index contributed by atoms with van der Waals surface area (Å²) in [6, 6.07) is 7.86. The molecule has 0 aliphatic carbocycles. The largest absolute Gasteiger partial charge is 0.485 e. The summed E-state index contributed by atoms with van der Waals surface area (Å²) in [4.78, 5) is 16.4. The van der Waals surface area contributed by atoms with Crippen LogP contribution in [-0.2, 0) is 0 Å². The molecule has 0 unspecified atom stereocenters. The molecule has 4 heterocycles. The molecule has 25 heavy (non-hydrogen) atoms. The van der Waals surface area contributed by atoms with Crippen LogP contribution < -0.4 is 15.4 Å². The number of fused-ring (bicyclic) bond motifs is 2. The van der Waals surface area contributed by atoms with Gasteiger partial charge in [0.1, 0.15) is 18.6 Å². The molecule has 5 rings (SSSR count). The predicted octanol–water partition coefficient (Wildman–Crippen LogP) is 2.29. The van der Waals surface area contributed by atoms with E-state index >= 15 is 0 Å². The SMILES string of the molecule is c1ccc2[nH]c(-c3[nH]ncc3Nc3ncnc4c3OCCN4)nc2c1. The van der Waals surface area contributed by atoms with Crippen molar-refractivity contribution in [2.24, 2.45) is 0 Å². The molecule has 0 saturated heterocycles. The Morgan fingerprint density at radius 2 is 2.12 bits per heavy atom. The number of ether oxygens (including phenoxy) is 1. The highest BCUT2D eigenvalue weighted by atomic mass is 16.5. The highest BCUT2D eigenvalue weighted by Gasteiger charge is 2.19. The maximum atomic E-state index is 5.69. The molecule has 0 radical (unpaired) electrons. The van der Waals surface area contributed by atoms with Crippen molar-refractivity contribution in [3.05, 3.63) is 36.8 Å². The first kappa shape index (κ1) is 13.8. The molecule has 0 atom stereocenters. The number of imidazole rings is 1. The second-order valence-electron chi connectivity index (χ2n) is 5.56. The highest BCUT2D eigenvalue weighted by molar-refractivity contribution is 5.83. The van der Waals surface area contributed by atoms with Crippen molar-refractivity contribution in [3.63, 3.8) is 0 Å². The molecule has 4 aromatic rings. The van der Waals surface area contributed by atoms with Crippen LogP contribution >= 0.6 is 0 Å². The lowest BCUT2D eigenvalue weighted by Gasteiger charge is -2.20. The molecule has 1 aromatic carbocycles. The Bertz CT molecular complexity index is 1020. The number of para-hydroxylation sites is 2. The van der Waals surface area contributed by atoms with Crippen LogP contribution in [0.15, 0.2) is 36.8 Å². The highest BCUT2D eigenvalue weighted by Crippen LogP contribution is 2.35. The lowest BCUT2D eigenvalue weighted by molar-refractivity contribution is 0.322. The molecule has 0 saturated carbocycles. The maximum Gasteiger partial charge on any atom is 0.204 e. The third kappa shape index (κ3) is 2.33. The number of nitrogens with zero attached hydrogens (tertiary/aromatic N) is 4. The van der Waals surface area contributed by atoms with Crippen molar-refractivity contribution < 1.29 is 4.74 Å². The zero-order valence-electron chi connectivity index (χ0n) is 13.1. The molecule has 0 amide bonds. The fourth-order valence-corrected chi connectivity index (χ4v) is 2.81. The van der Waals surface area contributed by atoms with Crippen LogP contribution in [0.4, 0.5) is 17.3 Å². The lowest BCUT2D eigenvalue weighted by atomic mass is 10.3. The van der Waals surface area contributed by atoms with Gasteiger partial charge in [0.15, 0.2) is 17.5 Å². The van der Waals surface area contributed by atoms with Crippen molar-refractivity contribution in [1.29, 1.82) is 0 Å². The second-order valence-corrected chi connectivity index (χ2v) is 5.56. The van der Waals surface area contributed by atoms with E-state index in [2.05, 4.69) is 40.8 Å². The summed E-state index contributed by atoms with van der Waals surface area (Å²) in [5, 5.41) is 13.5. The van der Waals surface area contributed by atoms with Gasteiger partial charge in [-0.05, 0) is 12.1 Å². The molecule has 4 N–H and O–H groups in total. The van der Waals surface area contributed by atoms with Crippen molar-refractivity contribution in [2.75, 3.05) is 23.8 Å². The van der Waals surface area contributed by atoms with Crippen LogP contribution in [0.2, 0.25) is 0 Å². The van der Waals surface area contributed by atoms with Crippen molar-refractivity contribution in [1.82, 2.24) is 30.1 Å². The number of aromatic amines is 2. The molecule has 1 aliphatic heterocycles. The molecule has 9 nitrogen and oxygen atoms in total. The van der Waals surface area contributed by atoms with E-state index < -0.39 is 0 Å². The maximum absolute atomic E-state index is 5.69. The molecule has 3 aromatic heterocycles. The van der Waals surface area contributed by atoms with E-state index in [4.69, 9.17) is 4.74 Å². The summed E-state index contributed by atoms with van der Waals surface area (Å²) in [7, 11) is 0. The van der Waals surface area contributed by atoms with Crippen LogP contribution in [0, 0.1) is 0 Å². The van der Waals surface area contributed by atoms with Crippen LogP contribution in [0.5, 0.6) is 5.75 Å². The molecule has 9 heteroatoms. The molecule has 0 spiro atoms. The Morgan fingerprint density at radius 1 is 1.16 bits per heavy atom. The number of benzene rings is 1. The molecule has 124 valence electrons. The van der Waals surface area contributed by atoms with E-state index in [0.717, 1.165) is 29.0 Å². The molecule has 0 bridgehead atoms. The van der Waals surface area contributed by atoms with Crippen LogP contribution in [0.25, 0.3) is 22.6 Å². The normalized spacial score (nSPS) is 13.1. The van der Waals surface area contributed by atoms with Crippen LogP contribution in [-0.4, -0.2) is 43.3 Å². The minimum atomic E-state index is 0.566. The van der Waals surface area contributed by atoms with Crippen molar-refractivity contribution in [3.8, 4) is 17.3 Å². The van der Waals surface area contributed by atoms with Gasteiger partial charge in [0.2, 0.25) is 5.75 Å². The first-order valence-electron chi connectivity index (χ1n) is 7.86. The zero-order valence-corrected chi connectivity index (χ0v) is 13.1. The van der Waals surface area contributed by atoms with Gasteiger partial charge >= 0.3 is 0 Å². The Hall–Kier alpha value is -3.62. The average molecular weight is 334 g/mol. The van der Waals surface area contributed by atoms with Gasteiger partial charge in [-0.1, -0.05) is 12.1 Å². The van der Waals surface area contributed by atoms with Gasteiger partial charge in [0.05, 0.1) is 29.5 Å². The third-order valence-electron chi connectivity index (χ3n) is 3.96. The standard InChI is InChI=1S/C16H14N8O/c1-2-4-10-9(3-1)21-14(22-10)12-11(7-20-24-12)23-16-13-15(18-8-19-16)17-5-6-25-13/h1-4,7-8H,5-6H2,(H,20,24)(H,21,22)(H2,17,18,19,23). The van der Waals surface area contributed by atoms with Crippen LogP contribution in [0.3, 0.4) is 0 Å². The topological polar surface area (TPSA) is 116 Å². The smallest absolute Gasteiger partial charge is 0.204 e. The fourth-order valence-electron chi connectivity index (χ4n) is 2.81. The number of H-pyrrole nitrogens is 2.